The Labute approximate surface area is 314 Å². The Balaban J connectivity index is 1.07. The molecule has 0 N–H and O–H groups in total. The maximum Gasteiger partial charge on any atom is 0.0541 e. The molecule has 11 rings (SSSR count). The Morgan fingerprint density at radius 2 is 0.926 bits per heavy atom. The predicted molar refractivity (Wildman–Crippen MR) is 229 cm³/mol. The van der Waals surface area contributed by atoms with Gasteiger partial charge >= 0.3 is 0 Å². The zero-order valence-electron chi connectivity index (χ0n) is 29.7. The monoisotopic (exact) mass is 688 g/mol. The van der Waals surface area contributed by atoms with E-state index in [-0.39, 0.29) is 5.92 Å². The summed E-state index contributed by atoms with van der Waals surface area (Å²) in [5.74, 6) is 0.277. The van der Waals surface area contributed by atoms with Gasteiger partial charge in [-0.25, -0.2) is 0 Å². The van der Waals surface area contributed by atoms with Crippen LogP contribution in [0.3, 0.4) is 0 Å². The summed E-state index contributed by atoms with van der Waals surface area (Å²) in [5, 5.41) is 7.57. The molecule has 2 heteroatoms. The van der Waals surface area contributed by atoms with Crippen molar-refractivity contribution >= 4 is 65.7 Å². The zero-order chi connectivity index (χ0) is 35.6. The average Bonchev–Trinajstić information content (AvgIpc) is 3.76. The molecule has 0 saturated heterocycles. The van der Waals surface area contributed by atoms with Crippen molar-refractivity contribution in [3.05, 3.63) is 211 Å². The number of rotatable bonds is 5. The van der Waals surface area contributed by atoms with Gasteiger partial charge < -0.3 is 9.13 Å². The minimum atomic E-state index is 0.277. The first-order valence-corrected chi connectivity index (χ1v) is 18.9. The Bertz CT molecular complexity index is 3110. The average molecular weight is 689 g/mol. The summed E-state index contributed by atoms with van der Waals surface area (Å²) in [7, 11) is 0. The molecule has 1 unspecified atom stereocenters. The van der Waals surface area contributed by atoms with E-state index in [4.69, 9.17) is 0 Å². The van der Waals surface area contributed by atoms with Crippen LogP contribution in [0.2, 0.25) is 0 Å². The fraction of sp³-hybridized carbons (Fsp3) is 0.0385. The summed E-state index contributed by atoms with van der Waals surface area (Å²) in [4.78, 5) is 0. The van der Waals surface area contributed by atoms with E-state index < -0.39 is 0 Å². The van der Waals surface area contributed by atoms with Gasteiger partial charge in [-0.05, 0) is 88.2 Å². The minimum absolute atomic E-state index is 0.277. The molecule has 1 aliphatic rings. The van der Waals surface area contributed by atoms with Crippen LogP contribution in [0.15, 0.2) is 200 Å². The lowest BCUT2D eigenvalue weighted by atomic mass is 9.85. The third-order valence-electron chi connectivity index (χ3n) is 11.4. The first-order chi connectivity index (χ1) is 26.8. The smallest absolute Gasteiger partial charge is 0.0541 e. The summed E-state index contributed by atoms with van der Waals surface area (Å²) >= 11 is 0. The summed E-state index contributed by atoms with van der Waals surface area (Å²) in [6.07, 6.45) is 5.79. The fourth-order valence-corrected chi connectivity index (χ4v) is 8.95. The summed E-state index contributed by atoms with van der Waals surface area (Å²) in [5.41, 5.74) is 13.7. The van der Waals surface area contributed by atoms with Crippen LogP contribution in [0.25, 0.3) is 82.5 Å². The van der Waals surface area contributed by atoms with E-state index in [0.29, 0.717) is 0 Å². The van der Waals surface area contributed by atoms with Gasteiger partial charge in [0.15, 0.2) is 0 Å². The Kier molecular flexibility index (Phi) is 7.03. The molecule has 1 atom stereocenters. The highest BCUT2D eigenvalue weighted by Gasteiger charge is 2.23. The first-order valence-electron chi connectivity index (χ1n) is 18.9. The molecular weight excluding hydrogens is 653 g/mol. The number of allylic oxidation sites excluding steroid dienone is 4. The second kappa shape index (κ2) is 12.4. The lowest BCUT2D eigenvalue weighted by Gasteiger charge is -2.24. The van der Waals surface area contributed by atoms with Gasteiger partial charge in [0, 0.05) is 38.5 Å². The molecule has 0 bridgehead atoms. The minimum Gasteiger partial charge on any atom is -0.313 e. The molecule has 0 radical (unpaired) electrons. The number of nitrogens with zero attached hydrogens (tertiary/aromatic N) is 2. The zero-order valence-corrected chi connectivity index (χ0v) is 29.7. The van der Waals surface area contributed by atoms with Gasteiger partial charge in [0.2, 0.25) is 0 Å². The molecule has 0 aliphatic heterocycles. The van der Waals surface area contributed by atoms with Crippen molar-refractivity contribution in [3.8, 4) is 16.8 Å². The molecule has 0 spiro atoms. The molecule has 2 heterocycles. The van der Waals surface area contributed by atoms with Gasteiger partial charge in [0.1, 0.15) is 0 Å². The Hall–Kier alpha value is -6.90. The molecule has 2 nitrogen and oxygen atoms in total. The van der Waals surface area contributed by atoms with Crippen LogP contribution in [-0.2, 0) is 0 Å². The highest BCUT2D eigenvalue weighted by molar-refractivity contribution is 6.14. The summed E-state index contributed by atoms with van der Waals surface area (Å²) in [6.45, 7) is 0. The van der Waals surface area contributed by atoms with Gasteiger partial charge in [-0.15, -0.1) is 0 Å². The van der Waals surface area contributed by atoms with E-state index in [0.717, 1.165) is 6.42 Å². The number of fused-ring (bicyclic) bond motifs is 7. The Morgan fingerprint density at radius 3 is 1.63 bits per heavy atom. The second-order valence-corrected chi connectivity index (χ2v) is 14.5. The summed E-state index contributed by atoms with van der Waals surface area (Å²) < 4.78 is 4.95. The van der Waals surface area contributed by atoms with Crippen LogP contribution >= 0.6 is 0 Å². The largest absolute Gasteiger partial charge is 0.313 e. The quantitative estimate of drug-likeness (QED) is 0.170. The van der Waals surface area contributed by atoms with Crippen LogP contribution in [0.5, 0.6) is 0 Å². The molecule has 8 aromatic carbocycles. The van der Waals surface area contributed by atoms with Crippen LogP contribution < -0.4 is 0 Å². The maximum atomic E-state index is 2.52. The van der Waals surface area contributed by atoms with Crippen molar-refractivity contribution in [3.63, 3.8) is 0 Å². The highest BCUT2D eigenvalue weighted by Crippen LogP contribution is 2.43. The highest BCUT2D eigenvalue weighted by atomic mass is 15.0. The predicted octanol–water partition coefficient (Wildman–Crippen LogP) is 13.8. The normalized spacial score (nSPS) is 14.6. The summed E-state index contributed by atoms with van der Waals surface area (Å²) in [6, 6.07) is 68.8. The molecule has 0 saturated carbocycles. The number of hydrogen-bond acceptors (Lipinski definition) is 0. The molecular formula is C52H36N2. The third kappa shape index (κ3) is 4.88. The molecule has 10 aromatic rings. The SMILES string of the molecule is C1=C(c2ccccc2)C=C(n2c3ccccc3c3cc(-c4ccc5c(c4)c4ccccc4n5-c4cccc5ccccc45)ccc32)CC1c1ccccc1. The van der Waals surface area contributed by atoms with Crippen molar-refractivity contribution in [2.45, 2.75) is 12.3 Å². The second-order valence-electron chi connectivity index (χ2n) is 14.5. The topological polar surface area (TPSA) is 9.86 Å². The van der Waals surface area contributed by atoms with Gasteiger partial charge in [-0.1, -0.05) is 152 Å². The molecule has 0 amide bonds. The lowest BCUT2D eigenvalue weighted by Crippen LogP contribution is -2.08. The molecule has 0 fully saturated rings. The van der Waals surface area contributed by atoms with Crippen molar-refractivity contribution in [1.29, 1.82) is 0 Å². The van der Waals surface area contributed by atoms with Crippen LogP contribution in [0, 0.1) is 0 Å². The molecule has 1 aliphatic carbocycles. The number of benzene rings is 8. The third-order valence-corrected chi connectivity index (χ3v) is 11.4. The van der Waals surface area contributed by atoms with Crippen molar-refractivity contribution in [2.24, 2.45) is 0 Å². The van der Waals surface area contributed by atoms with Crippen LogP contribution in [0.1, 0.15) is 23.5 Å². The molecule has 54 heavy (non-hydrogen) atoms. The van der Waals surface area contributed by atoms with Gasteiger partial charge in [0.05, 0.1) is 27.8 Å². The Morgan fingerprint density at radius 1 is 0.389 bits per heavy atom. The van der Waals surface area contributed by atoms with Crippen molar-refractivity contribution in [2.75, 3.05) is 0 Å². The first kappa shape index (κ1) is 30.7. The van der Waals surface area contributed by atoms with Gasteiger partial charge in [-0.2, -0.15) is 0 Å². The standard InChI is InChI=1S/C52H36N2/c1-3-14-35(15-4-1)40-30-41(36-16-5-2-6-17-36)32-42(31-40)53-49-23-11-9-21-44(49)46-33-38(26-28-51(46)53)39-27-29-52-47(34-39)45-22-10-12-24-50(45)54(52)48-25-13-19-37-18-7-8-20-43(37)48/h1-31,33-34,41H,32H2. The molecule has 254 valence electrons. The van der Waals surface area contributed by atoms with Gasteiger partial charge in [-0.3, -0.25) is 0 Å². The number of para-hydroxylation sites is 2. The van der Waals surface area contributed by atoms with E-state index in [2.05, 4.69) is 209 Å². The van der Waals surface area contributed by atoms with E-state index in [1.54, 1.807) is 0 Å². The van der Waals surface area contributed by atoms with Crippen LogP contribution in [0.4, 0.5) is 0 Å². The maximum absolute atomic E-state index is 2.52. The van der Waals surface area contributed by atoms with E-state index in [1.807, 2.05) is 0 Å². The van der Waals surface area contributed by atoms with Crippen LogP contribution in [-0.4, -0.2) is 9.13 Å². The lowest BCUT2D eigenvalue weighted by molar-refractivity contribution is 0.840. The molecule has 2 aromatic heterocycles. The van der Waals surface area contributed by atoms with E-state index >= 15 is 0 Å². The van der Waals surface area contributed by atoms with Crippen molar-refractivity contribution in [1.82, 2.24) is 9.13 Å². The van der Waals surface area contributed by atoms with E-state index in [1.165, 1.54) is 93.6 Å². The van der Waals surface area contributed by atoms with Gasteiger partial charge in [0.25, 0.3) is 0 Å². The number of aromatic nitrogens is 2. The van der Waals surface area contributed by atoms with E-state index in [9.17, 15) is 0 Å². The fourth-order valence-electron chi connectivity index (χ4n) is 8.95. The number of hydrogen-bond donors (Lipinski definition) is 0. The van der Waals surface area contributed by atoms with Crippen molar-refractivity contribution < 1.29 is 0 Å².